The fraction of sp³-hybridized carbons (Fsp3) is 0.261. The van der Waals surface area contributed by atoms with Gasteiger partial charge in [0.15, 0.2) is 0 Å². The summed E-state index contributed by atoms with van der Waals surface area (Å²) in [6.45, 7) is 0.990. The first-order valence-corrected chi connectivity index (χ1v) is 9.92. The summed E-state index contributed by atoms with van der Waals surface area (Å²) in [5, 5.41) is 7.98. The Morgan fingerprint density at radius 3 is 2.41 bits per heavy atom. The molecule has 4 amide bonds. The molecule has 9 heteroatoms. The molecule has 3 N–H and O–H groups in total. The molecule has 3 rings (SSSR count). The van der Waals surface area contributed by atoms with Crippen molar-refractivity contribution in [3.63, 3.8) is 0 Å². The monoisotopic (exact) mass is 436 g/mol. The number of nitrogens with zero attached hydrogens (tertiary/aromatic N) is 1. The van der Waals surface area contributed by atoms with E-state index >= 15 is 0 Å². The number of terminal acetylenes is 1. The molecule has 0 saturated carbocycles. The third kappa shape index (κ3) is 6.07. The van der Waals surface area contributed by atoms with Gasteiger partial charge in [0.25, 0.3) is 5.91 Å². The van der Waals surface area contributed by atoms with Crippen LogP contribution in [0.3, 0.4) is 0 Å². The van der Waals surface area contributed by atoms with Crippen LogP contribution in [0.15, 0.2) is 48.5 Å². The molecular formula is C23H24N4O5. The number of amides is 4. The minimum Gasteiger partial charge on any atom is -0.382 e. The van der Waals surface area contributed by atoms with Crippen molar-refractivity contribution in [3.8, 4) is 12.3 Å². The van der Waals surface area contributed by atoms with Gasteiger partial charge in [-0.05, 0) is 48.5 Å². The van der Waals surface area contributed by atoms with Crippen molar-refractivity contribution in [1.82, 2.24) is 5.32 Å². The molecule has 0 spiro atoms. The van der Waals surface area contributed by atoms with E-state index in [0.29, 0.717) is 30.1 Å². The molecule has 0 aromatic heterocycles. The van der Waals surface area contributed by atoms with Crippen molar-refractivity contribution in [3.05, 3.63) is 54.1 Å². The average molecular weight is 436 g/mol. The zero-order chi connectivity index (χ0) is 22.9. The lowest BCUT2D eigenvalue weighted by atomic mass is 10.2. The molecule has 1 aliphatic heterocycles. The number of carbonyl (C=O) groups excluding carboxylic acids is 3. The third-order valence-corrected chi connectivity index (χ3v) is 4.70. The number of carbonyl (C=O) groups is 3. The van der Waals surface area contributed by atoms with Crippen LogP contribution in [0.1, 0.15) is 5.56 Å². The van der Waals surface area contributed by atoms with Gasteiger partial charge in [0.2, 0.25) is 5.91 Å². The topological polar surface area (TPSA) is 109 Å². The van der Waals surface area contributed by atoms with E-state index in [2.05, 4.69) is 21.9 Å². The van der Waals surface area contributed by atoms with Crippen molar-refractivity contribution in [2.75, 3.05) is 49.0 Å². The van der Waals surface area contributed by atoms with Crippen molar-refractivity contribution in [1.29, 1.82) is 0 Å². The van der Waals surface area contributed by atoms with E-state index in [0.717, 1.165) is 5.69 Å². The summed E-state index contributed by atoms with van der Waals surface area (Å²) >= 11 is 0. The largest absolute Gasteiger partial charge is 0.382 e. The summed E-state index contributed by atoms with van der Waals surface area (Å²) in [7, 11) is 1.44. The molecule has 2 aromatic rings. The lowest BCUT2D eigenvalue weighted by Crippen LogP contribution is -2.48. The second kappa shape index (κ2) is 10.9. The van der Waals surface area contributed by atoms with E-state index in [9.17, 15) is 14.4 Å². The molecular weight excluding hydrogens is 412 g/mol. The maximum Gasteiger partial charge on any atom is 0.319 e. The van der Waals surface area contributed by atoms with Gasteiger partial charge in [-0.25, -0.2) is 4.79 Å². The molecule has 1 atom stereocenters. The zero-order valence-electron chi connectivity index (χ0n) is 17.6. The van der Waals surface area contributed by atoms with Crippen LogP contribution in [0.4, 0.5) is 21.9 Å². The predicted octanol–water partition coefficient (Wildman–Crippen LogP) is 1.81. The molecule has 1 fully saturated rings. The number of methoxy groups -OCH3 is 1. The standard InChI is InChI=1S/C23H24N4O5/c1-3-16-4-6-18(7-5-16)25-23(30)26-20(14-31-2)22(29)24-17-8-10-19(11-9-17)27-12-13-32-15-21(27)28/h1,4-11,20H,12-15H2,2H3,(H,24,29)(H2,25,26,30). The fourth-order valence-electron chi connectivity index (χ4n) is 3.07. The number of anilines is 3. The van der Waals surface area contributed by atoms with Crippen LogP contribution in [0.25, 0.3) is 0 Å². The number of hydrogen-bond donors (Lipinski definition) is 3. The highest BCUT2D eigenvalue weighted by atomic mass is 16.5. The van der Waals surface area contributed by atoms with Crippen LogP contribution in [0.5, 0.6) is 0 Å². The van der Waals surface area contributed by atoms with Gasteiger partial charge in [-0.15, -0.1) is 6.42 Å². The van der Waals surface area contributed by atoms with Crippen LogP contribution >= 0.6 is 0 Å². The van der Waals surface area contributed by atoms with E-state index in [1.807, 2.05) is 0 Å². The smallest absolute Gasteiger partial charge is 0.319 e. The molecule has 1 unspecified atom stereocenters. The summed E-state index contributed by atoms with van der Waals surface area (Å²) in [6, 6.07) is 12.1. The van der Waals surface area contributed by atoms with Crippen molar-refractivity contribution >= 4 is 34.9 Å². The zero-order valence-corrected chi connectivity index (χ0v) is 17.6. The maximum atomic E-state index is 12.7. The van der Waals surface area contributed by atoms with E-state index < -0.39 is 18.0 Å². The fourth-order valence-corrected chi connectivity index (χ4v) is 3.07. The Hall–Kier alpha value is -3.87. The normalized spacial score (nSPS) is 14.2. The van der Waals surface area contributed by atoms with Gasteiger partial charge in [-0.3, -0.25) is 9.59 Å². The quantitative estimate of drug-likeness (QED) is 0.574. The minimum atomic E-state index is -0.925. The Bertz CT molecular complexity index is 999. The first-order valence-electron chi connectivity index (χ1n) is 9.92. The molecule has 32 heavy (non-hydrogen) atoms. The van der Waals surface area contributed by atoms with Gasteiger partial charge < -0.3 is 30.3 Å². The summed E-state index contributed by atoms with van der Waals surface area (Å²) in [5.41, 5.74) is 2.47. The van der Waals surface area contributed by atoms with Crippen molar-refractivity contribution < 1.29 is 23.9 Å². The minimum absolute atomic E-state index is 0.0182. The summed E-state index contributed by atoms with van der Waals surface area (Å²) in [5.74, 6) is 1.94. The van der Waals surface area contributed by atoms with Gasteiger partial charge in [0.1, 0.15) is 12.6 Å². The van der Waals surface area contributed by atoms with Gasteiger partial charge >= 0.3 is 6.03 Å². The number of urea groups is 1. The molecule has 1 heterocycles. The van der Waals surface area contributed by atoms with E-state index in [1.165, 1.54) is 7.11 Å². The van der Waals surface area contributed by atoms with Crippen LogP contribution in [0, 0.1) is 12.3 Å². The Labute approximate surface area is 186 Å². The van der Waals surface area contributed by atoms with Crippen molar-refractivity contribution in [2.45, 2.75) is 6.04 Å². The summed E-state index contributed by atoms with van der Waals surface area (Å²) in [4.78, 5) is 38.6. The molecule has 2 aromatic carbocycles. The molecule has 0 aliphatic carbocycles. The van der Waals surface area contributed by atoms with Gasteiger partial charge in [-0.2, -0.15) is 0 Å². The molecule has 1 saturated heterocycles. The van der Waals surface area contributed by atoms with Gasteiger partial charge in [-0.1, -0.05) is 5.92 Å². The second-order valence-corrected chi connectivity index (χ2v) is 6.96. The van der Waals surface area contributed by atoms with Gasteiger partial charge in [0.05, 0.1) is 13.2 Å². The molecule has 1 aliphatic rings. The van der Waals surface area contributed by atoms with Crippen LogP contribution in [-0.2, 0) is 19.1 Å². The van der Waals surface area contributed by atoms with Crippen LogP contribution in [-0.4, -0.2) is 57.4 Å². The Morgan fingerprint density at radius 1 is 1.12 bits per heavy atom. The summed E-state index contributed by atoms with van der Waals surface area (Å²) in [6.07, 6.45) is 5.32. The Balaban J connectivity index is 1.58. The highest BCUT2D eigenvalue weighted by molar-refractivity contribution is 6.00. The number of ether oxygens (including phenoxy) is 2. The first kappa shape index (κ1) is 22.8. The molecule has 166 valence electrons. The van der Waals surface area contributed by atoms with Crippen LogP contribution in [0.2, 0.25) is 0 Å². The first-order chi connectivity index (χ1) is 15.5. The van der Waals surface area contributed by atoms with E-state index in [1.54, 1.807) is 53.4 Å². The number of morpholine rings is 1. The lowest BCUT2D eigenvalue weighted by Gasteiger charge is -2.27. The Kier molecular flexibility index (Phi) is 7.80. The van der Waals surface area contributed by atoms with Crippen molar-refractivity contribution in [2.24, 2.45) is 0 Å². The number of rotatable bonds is 7. The number of nitrogens with one attached hydrogen (secondary N) is 3. The Morgan fingerprint density at radius 2 is 1.78 bits per heavy atom. The predicted molar refractivity (Wildman–Crippen MR) is 120 cm³/mol. The van der Waals surface area contributed by atoms with E-state index in [-0.39, 0.29) is 19.1 Å². The second-order valence-electron chi connectivity index (χ2n) is 6.96. The van der Waals surface area contributed by atoms with Crippen LogP contribution < -0.4 is 20.9 Å². The third-order valence-electron chi connectivity index (χ3n) is 4.70. The lowest BCUT2D eigenvalue weighted by molar-refractivity contribution is -0.125. The number of benzene rings is 2. The SMILES string of the molecule is C#Cc1ccc(NC(=O)NC(COC)C(=O)Nc2ccc(N3CCOCC3=O)cc2)cc1. The molecule has 0 bridgehead atoms. The molecule has 9 nitrogen and oxygen atoms in total. The molecule has 0 radical (unpaired) electrons. The maximum absolute atomic E-state index is 12.7. The highest BCUT2D eigenvalue weighted by Crippen LogP contribution is 2.20. The summed E-state index contributed by atoms with van der Waals surface area (Å²) < 4.78 is 10.2. The van der Waals surface area contributed by atoms with Gasteiger partial charge in [0, 0.05) is 36.3 Å². The number of hydrogen-bond acceptors (Lipinski definition) is 5. The highest BCUT2D eigenvalue weighted by Gasteiger charge is 2.22. The average Bonchev–Trinajstić information content (AvgIpc) is 2.80. The van der Waals surface area contributed by atoms with E-state index in [4.69, 9.17) is 15.9 Å².